The quantitative estimate of drug-likeness (QED) is 0.566. The normalized spacial score (nSPS) is 58.4. The maximum Gasteiger partial charge on any atom is 0.303 e. The number of hydrogen-bond donors (Lipinski definition) is 4. The van der Waals surface area contributed by atoms with Gasteiger partial charge in [-0.3, -0.25) is 4.79 Å². The first kappa shape index (κ1) is 17.0. The summed E-state index contributed by atoms with van der Waals surface area (Å²) in [6.45, 7) is 6.13. The van der Waals surface area contributed by atoms with Gasteiger partial charge >= 0.3 is 5.97 Å². The molecule has 0 heterocycles. The molecular formula is C24H40O5. The van der Waals surface area contributed by atoms with E-state index in [1.165, 1.54) is 0 Å². The van der Waals surface area contributed by atoms with Crippen LogP contribution in [0.3, 0.4) is 0 Å². The van der Waals surface area contributed by atoms with Gasteiger partial charge in [0, 0.05) is 23.7 Å². The molecule has 0 amide bonds. The van der Waals surface area contributed by atoms with Gasteiger partial charge in [0.2, 0.25) is 0 Å². The van der Waals surface area contributed by atoms with Gasteiger partial charge in [-0.15, -0.1) is 0 Å². The fraction of sp³-hybridized carbons (Fsp3) is 0.958. The largest absolute Gasteiger partial charge is 0.481 e. The molecule has 4 rings (SSSR count). The Morgan fingerprint density at radius 2 is 1.90 bits per heavy atom. The maximum absolute atomic E-state index is 11.7. The Morgan fingerprint density at radius 1 is 1.17 bits per heavy atom. The van der Waals surface area contributed by atoms with Gasteiger partial charge in [-0.25, -0.2) is 0 Å². The van der Waals surface area contributed by atoms with E-state index in [0.717, 1.165) is 19.3 Å². The molecule has 5 heteroatoms. The summed E-state index contributed by atoms with van der Waals surface area (Å²) in [6.07, 6.45) is -3.98. The van der Waals surface area contributed by atoms with Crippen molar-refractivity contribution in [2.45, 2.75) is 103 Å². The van der Waals surface area contributed by atoms with Crippen LogP contribution in [0.25, 0.3) is 0 Å². The highest BCUT2D eigenvalue weighted by atomic mass is 16.4. The lowest BCUT2D eigenvalue weighted by Gasteiger charge is -2.65. The van der Waals surface area contributed by atoms with Crippen molar-refractivity contribution in [3.8, 4) is 0 Å². The Hall–Kier alpha value is -0.650. The summed E-state index contributed by atoms with van der Waals surface area (Å²) in [6, 6.07) is 0. The summed E-state index contributed by atoms with van der Waals surface area (Å²) in [5.41, 5.74) is -3.46. The summed E-state index contributed by atoms with van der Waals surface area (Å²) in [5.74, 6) is -0.0114. The summed E-state index contributed by atoms with van der Waals surface area (Å²) in [7, 11) is 0. The van der Waals surface area contributed by atoms with Gasteiger partial charge in [-0.2, -0.15) is 0 Å². The van der Waals surface area contributed by atoms with Crippen LogP contribution in [-0.4, -0.2) is 44.2 Å². The standard InChI is InChI=1S/C24H40O5/c1-14(4-7-21(27)28)17-5-6-18-16-12-20(26)24(29)13-15(25)8-11-23(24,3)19(16)9-10-22(17,18)2/h14-20,25-26,29H,4-13H2,1-3H3,(H,27,28)/t14-,15+,16+,17-,18+,19+,20-,22-,23-,24+/m1/s1/i8D2,13D2. The van der Waals surface area contributed by atoms with Crippen LogP contribution in [0.5, 0.6) is 0 Å². The Kier molecular flexibility index (Phi) is 4.21. The minimum atomic E-state index is -2.68. The van der Waals surface area contributed by atoms with Crippen molar-refractivity contribution >= 4 is 5.97 Å². The molecule has 29 heavy (non-hydrogen) atoms. The van der Waals surface area contributed by atoms with Crippen molar-refractivity contribution in [1.82, 2.24) is 0 Å². The lowest BCUT2D eigenvalue weighted by molar-refractivity contribution is -0.264. The number of aliphatic carboxylic acids is 1. The van der Waals surface area contributed by atoms with Gasteiger partial charge in [0.15, 0.2) is 0 Å². The number of carboxylic acids is 1. The van der Waals surface area contributed by atoms with Gasteiger partial charge in [-0.1, -0.05) is 20.8 Å². The summed E-state index contributed by atoms with van der Waals surface area (Å²) >= 11 is 0. The lowest BCUT2D eigenvalue weighted by atomic mass is 9.42. The molecule has 0 aromatic carbocycles. The molecule has 0 radical (unpaired) electrons. The number of aliphatic hydroxyl groups is 3. The number of carbonyl (C=O) groups is 1. The fourth-order valence-corrected chi connectivity index (χ4v) is 8.12. The molecule has 4 aliphatic carbocycles. The predicted octanol–water partition coefficient (Wildman–Crippen LogP) is 3.59. The van der Waals surface area contributed by atoms with Crippen molar-refractivity contribution in [3.63, 3.8) is 0 Å². The first-order valence-corrected chi connectivity index (χ1v) is 11.3. The van der Waals surface area contributed by atoms with Gasteiger partial charge < -0.3 is 20.4 Å². The average Bonchev–Trinajstić information content (AvgIpc) is 3.06. The SMILES string of the molecule is [2H]C1([2H])C[C@]2(C)[C@H]3CC[C@]4(C)[C@@H]([C@H](C)CCC(=O)O)CC[C@H]4[C@@H]3C[C@@H](O)[C@@]2(O)C([2H])([2H])[C@H]1O. The molecule has 0 saturated heterocycles. The molecule has 4 aliphatic rings. The van der Waals surface area contributed by atoms with Crippen molar-refractivity contribution in [2.75, 3.05) is 0 Å². The second-order valence-electron chi connectivity index (χ2n) is 10.9. The maximum atomic E-state index is 11.7. The van der Waals surface area contributed by atoms with Gasteiger partial charge in [0.05, 0.1) is 17.8 Å². The highest BCUT2D eigenvalue weighted by molar-refractivity contribution is 5.66. The zero-order valence-corrected chi connectivity index (χ0v) is 17.9. The Bertz CT molecular complexity index is 808. The van der Waals surface area contributed by atoms with E-state index >= 15 is 0 Å². The molecule has 4 N–H and O–H groups in total. The number of rotatable bonds is 4. The molecule has 4 saturated carbocycles. The topological polar surface area (TPSA) is 98.0 Å². The van der Waals surface area contributed by atoms with E-state index < -0.39 is 41.9 Å². The zero-order chi connectivity index (χ0) is 24.8. The van der Waals surface area contributed by atoms with Gasteiger partial charge in [0.1, 0.15) is 0 Å². The third-order valence-corrected chi connectivity index (χ3v) is 9.70. The van der Waals surface area contributed by atoms with E-state index in [0.29, 0.717) is 18.8 Å². The molecule has 166 valence electrons. The molecule has 0 unspecified atom stereocenters. The molecule has 0 aromatic heterocycles. The van der Waals surface area contributed by atoms with Crippen molar-refractivity contribution in [1.29, 1.82) is 0 Å². The minimum absolute atomic E-state index is 0.0170. The van der Waals surface area contributed by atoms with Crippen LogP contribution in [0.15, 0.2) is 0 Å². The highest BCUT2D eigenvalue weighted by Crippen LogP contribution is 2.69. The van der Waals surface area contributed by atoms with E-state index in [9.17, 15) is 20.1 Å². The fourth-order valence-electron chi connectivity index (χ4n) is 8.12. The molecular weight excluding hydrogens is 368 g/mol. The van der Waals surface area contributed by atoms with E-state index in [-0.39, 0.29) is 48.3 Å². The van der Waals surface area contributed by atoms with Gasteiger partial charge in [-0.05, 0) is 86.3 Å². The third kappa shape index (κ3) is 3.10. The first-order valence-electron chi connectivity index (χ1n) is 13.3. The van der Waals surface area contributed by atoms with Crippen molar-refractivity contribution in [2.24, 2.45) is 40.4 Å². The monoisotopic (exact) mass is 412 g/mol. The molecule has 0 bridgehead atoms. The molecule has 0 aromatic rings. The highest BCUT2D eigenvalue weighted by Gasteiger charge is 2.67. The summed E-state index contributed by atoms with van der Waals surface area (Å²) < 4.78 is 33.9. The predicted molar refractivity (Wildman–Crippen MR) is 110 cm³/mol. The lowest BCUT2D eigenvalue weighted by Crippen LogP contribution is -2.68. The number of hydrogen-bond acceptors (Lipinski definition) is 4. The average molecular weight is 413 g/mol. The van der Waals surface area contributed by atoms with Crippen LogP contribution in [0.1, 0.15) is 90.4 Å². The molecule has 0 aliphatic heterocycles. The number of fused-ring (bicyclic) bond motifs is 5. The number of carboxylic acid groups (broad SMARTS) is 1. The Balaban J connectivity index is 1.68. The van der Waals surface area contributed by atoms with Crippen molar-refractivity contribution < 1.29 is 30.7 Å². The molecule has 0 spiro atoms. The van der Waals surface area contributed by atoms with Gasteiger partial charge in [0.25, 0.3) is 0 Å². The Morgan fingerprint density at radius 3 is 2.59 bits per heavy atom. The van der Waals surface area contributed by atoms with Crippen LogP contribution >= 0.6 is 0 Å². The minimum Gasteiger partial charge on any atom is -0.481 e. The van der Waals surface area contributed by atoms with E-state index in [2.05, 4.69) is 13.8 Å². The summed E-state index contributed by atoms with van der Waals surface area (Å²) in [5, 5.41) is 42.6. The summed E-state index contributed by atoms with van der Waals surface area (Å²) in [4.78, 5) is 11.1. The number of aliphatic hydroxyl groups excluding tert-OH is 2. The van der Waals surface area contributed by atoms with Crippen LogP contribution in [-0.2, 0) is 4.79 Å². The van der Waals surface area contributed by atoms with Crippen LogP contribution < -0.4 is 0 Å². The Labute approximate surface area is 180 Å². The molecule has 10 atom stereocenters. The van der Waals surface area contributed by atoms with Crippen LogP contribution in [0, 0.1) is 40.4 Å². The second-order valence-corrected chi connectivity index (χ2v) is 10.9. The third-order valence-electron chi connectivity index (χ3n) is 9.70. The van der Waals surface area contributed by atoms with E-state index in [4.69, 9.17) is 10.6 Å². The smallest absolute Gasteiger partial charge is 0.303 e. The molecule has 5 nitrogen and oxygen atoms in total. The van der Waals surface area contributed by atoms with E-state index in [1.807, 2.05) is 0 Å². The molecule has 4 fully saturated rings. The zero-order valence-electron chi connectivity index (χ0n) is 21.9. The van der Waals surface area contributed by atoms with Crippen LogP contribution in [0.4, 0.5) is 0 Å². The second kappa shape index (κ2) is 7.20. The van der Waals surface area contributed by atoms with Crippen molar-refractivity contribution in [3.05, 3.63) is 0 Å². The van der Waals surface area contributed by atoms with E-state index in [1.54, 1.807) is 6.92 Å². The first-order chi connectivity index (χ1) is 15.0. The van der Waals surface area contributed by atoms with Crippen LogP contribution in [0.2, 0.25) is 0 Å².